The highest BCUT2D eigenvalue weighted by molar-refractivity contribution is 5.99. The number of para-hydroxylation sites is 1. The number of anilines is 1. The lowest BCUT2D eigenvalue weighted by molar-refractivity contribution is -0.124. The number of benzene rings is 2. The van der Waals surface area contributed by atoms with Gasteiger partial charge in [0.1, 0.15) is 6.04 Å². The van der Waals surface area contributed by atoms with Crippen LogP contribution < -0.4 is 10.6 Å². The molecule has 1 atom stereocenters. The van der Waals surface area contributed by atoms with Crippen LogP contribution in [-0.4, -0.2) is 17.9 Å². The van der Waals surface area contributed by atoms with Crippen molar-refractivity contribution in [3.8, 4) is 11.1 Å². The zero-order chi connectivity index (χ0) is 15.2. The van der Waals surface area contributed by atoms with E-state index in [9.17, 15) is 9.59 Å². The summed E-state index contributed by atoms with van der Waals surface area (Å²) >= 11 is 0. The minimum absolute atomic E-state index is 0.228. The van der Waals surface area contributed by atoms with Gasteiger partial charge in [0.2, 0.25) is 11.8 Å². The molecule has 0 aliphatic rings. The molecule has 0 aliphatic heterocycles. The van der Waals surface area contributed by atoms with Gasteiger partial charge < -0.3 is 10.6 Å². The topological polar surface area (TPSA) is 58.2 Å². The van der Waals surface area contributed by atoms with Gasteiger partial charge in [-0.15, -0.1) is 0 Å². The second kappa shape index (κ2) is 6.70. The summed E-state index contributed by atoms with van der Waals surface area (Å²) in [5.74, 6) is -0.470. The first-order chi connectivity index (χ1) is 10.1. The molecule has 0 saturated heterocycles. The highest BCUT2D eigenvalue weighted by Gasteiger charge is 2.15. The molecule has 2 aromatic rings. The monoisotopic (exact) mass is 282 g/mol. The molecule has 0 aliphatic carbocycles. The number of carbonyl (C=O) groups is 2. The lowest BCUT2D eigenvalue weighted by Gasteiger charge is -2.15. The molecule has 0 spiro atoms. The van der Waals surface area contributed by atoms with Crippen LogP contribution in [0, 0.1) is 0 Å². The number of hydrogen-bond donors (Lipinski definition) is 2. The van der Waals surface area contributed by atoms with E-state index in [2.05, 4.69) is 10.6 Å². The van der Waals surface area contributed by atoms with Gasteiger partial charge in [0.15, 0.2) is 0 Å². The van der Waals surface area contributed by atoms with E-state index >= 15 is 0 Å². The molecule has 2 aromatic carbocycles. The van der Waals surface area contributed by atoms with E-state index in [0.717, 1.165) is 16.8 Å². The van der Waals surface area contributed by atoms with Crippen molar-refractivity contribution in [2.45, 2.75) is 19.9 Å². The van der Waals surface area contributed by atoms with Gasteiger partial charge in [-0.3, -0.25) is 9.59 Å². The van der Waals surface area contributed by atoms with Gasteiger partial charge in [0, 0.05) is 18.2 Å². The second-order valence-corrected chi connectivity index (χ2v) is 4.82. The maximum absolute atomic E-state index is 12.1. The summed E-state index contributed by atoms with van der Waals surface area (Å²) in [5, 5.41) is 5.43. The highest BCUT2D eigenvalue weighted by Crippen LogP contribution is 2.27. The first kappa shape index (κ1) is 14.8. The van der Waals surface area contributed by atoms with Crippen molar-refractivity contribution in [1.82, 2.24) is 5.32 Å². The molecule has 0 fully saturated rings. The van der Waals surface area contributed by atoms with Gasteiger partial charge >= 0.3 is 0 Å². The smallest absolute Gasteiger partial charge is 0.246 e. The molecule has 21 heavy (non-hydrogen) atoms. The van der Waals surface area contributed by atoms with Gasteiger partial charge in [-0.2, -0.15) is 0 Å². The largest absolute Gasteiger partial charge is 0.345 e. The molecule has 0 heterocycles. The summed E-state index contributed by atoms with van der Waals surface area (Å²) in [4.78, 5) is 23.1. The van der Waals surface area contributed by atoms with E-state index in [4.69, 9.17) is 0 Å². The fourth-order valence-electron chi connectivity index (χ4n) is 2.07. The van der Waals surface area contributed by atoms with Crippen LogP contribution in [-0.2, 0) is 9.59 Å². The molecule has 0 unspecified atom stereocenters. The van der Waals surface area contributed by atoms with Crippen molar-refractivity contribution in [2.75, 3.05) is 5.32 Å². The lowest BCUT2D eigenvalue weighted by Crippen LogP contribution is -2.40. The first-order valence-electron chi connectivity index (χ1n) is 6.80. The molecular formula is C17H18N2O2. The normalized spacial score (nSPS) is 11.5. The number of amides is 2. The second-order valence-electron chi connectivity index (χ2n) is 4.82. The SMILES string of the molecule is CC(=O)N[C@H](C)C(=O)Nc1ccccc1-c1ccccc1. The number of nitrogens with one attached hydrogen (secondary N) is 2. The van der Waals surface area contributed by atoms with E-state index in [0.29, 0.717) is 0 Å². The standard InChI is InChI=1S/C17H18N2O2/c1-12(18-13(2)20)17(21)19-16-11-7-6-10-15(16)14-8-4-3-5-9-14/h3-12H,1-2H3,(H,18,20)(H,19,21)/t12-/m1/s1. The zero-order valence-corrected chi connectivity index (χ0v) is 12.1. The number of carbonyl (C=O) groups excluding carboxylic acids is 2. The fraction of sp³-hybridized carbons (Fsp3) is 0.176. The third-order valence-electron chi connectivity index (χ3n) is 3.08. The van der Waals surface area contributed by atoms with Gasteiger partial charge in [-0.05, 0) is 18.6 Å². The summed E-state index contributed by atoms with van der Waals surface area (Å²) in [6.45, 7) is 3.05. The summed E-state index contributed by atoms with van der Waals surface area (Å²) < 4.78 is 0. The molecule has 0 saturated carbocycles. The van der Waals surface area contributed by atoms with Crippen LogP contribution in [0.15, 0.2) is 54.6 Å². The van der Waals surface area contributed by atoms with Crippen molar-refractivity contribution in [3.05, 3.63) is 54.6 Å². The Bertz CT molecular complexity index is 638. The molecule has 108 valence electrons. The van der Waals surface area contributed by atoms with Crippen molar-refractivity contribution in [3.63, 3.8) is 0 Å². The minimum Gasteiger partial charge on any atom is -0.345 e. The van der Waals surface area contributed by atoms with Crippen LogP contribution in [0.4, 0.5) is 5.69 Å². The maximum atomic E-state index is 12.1. The molecule has 0 aromatic heterocycles. The van der Waals surface area contributed by atoms with E-state index < -0.39 is 6.04 Å². The van der Waals surface area contributed by atoms with Crippen LogP contribution >= 0.6 is 0 Å². The van der Waals surface area contributed by atoms with Gasteiger partial charge in [0.25, 0.3) is 0 Å². The Hall–Kier alpha value is -2.62. The first-order valence-corrected chi connectivity index (χ1v) is 6.80. The fourth-order valence-corrected chi connectivity index (χ4v) is 2.07. The number of rotatable bonds is 4. The number of hydrogen-bond acceptors (Lipinski definition) is 2. The van der Waals surface area contributed by atoms with Crippen molar-refractivity contribution in [1.29, 1.82) is 0 Å². The quantitative estimate of drug-likeness (QED) is 0.906. The van der Waals surface area contributed by atoms with Gasteiger partial charge in [0.05, 0.1) is 0 Å². The Labute approximate surface area is 124 Å². The lowest BCUT2D eigenvalue weighted by atomic mass is 10.0. The van der Waals surface area contributed by atoms with E-state index in [-0.39, 0.29) is 11.8 Å². The Balaban J connectivity index is 2.22. The third kappa shape index (κ3) is 3.92. The average Bonchev–Trinajstić information content (AvgIpc) is 2.48. The molecule has 0 bridgehead atoms. The predicted octanol–water partition coefficient (Wildman–Crippen LogP) is 2.82. The molecule has 2 rings (SSSR count). The zero-order valence-electron chi connectivity index (χ0n) is 12.1. The molecule has 0 radical (unpaired) electrons. The predicted molar refractivity (Wildman–Crippen MR) is 83.8 cm³/mol. The highest BCUT2D eigenvalue weighted by atomic mass is 16.2. The van der Waals surface area contributed by atoms with Crippen LogP contribution in [0.1, 0.15) is 13.8 Å². The van der Waals surface area contributed by atoms with Gasteiger partial charge in [-0.25, -0.2) is 0 Å². The van der Waals surface area contributed by atoms with E-state index in [1.54, 1.807) is 6.92 Å². The van der Waals surface area contributed by atoms with Crippen LogP contribution in [0.5, 0.6) is 0 Å². The van der Waals surface area contributed by atoms with Gasteiger partial charge in [-0.1, -0.05) is 48.5 Å². The van der Waals surface area contributed by atoms with E-state index in [1.807, 2.05) is 54.6 Å². The Morgan fingerprint density at radius 3 is 2.24 bits per heavy atom. The minimum atomic E-state index is -0.577. The molecule has 2 N–H and O–H groups in total. The molecule has 2 amide bonds. The molecular weight excluding hydrogens is 264 g/mol. The Kier molecular flexibility index (Phi) is 4.72. The van der Waals surface area contributed by atoms with Crippen molar-refractivity contribution < 1.29 is 9.59 Å². The molecule has 4 nitrogen and oxygen atoms in total. The summed E-state index contributed by atoms with van der Waals surface area (Å²) in [5.41, 5.74) is 2.70. The third-order valence-corrected chi connectivity index (χ3v) is 3.08. The Morgan fingerprint density at radius 2 is 1.57 bits per heavy atom. The van der Waals surface area contributed by atoms with Crippen LogP contribution in [0.3, 0.4) is 0 Å². The maximum Gasteiger partial charge on any atom is 0.246 e. The average molecular weight is 282 g/mol. The Morgan fingerprint density at radius 1 is 0.952 bits per heavy atom. The van der Waals surface area contributed by atoms with E-state index in [1.165, 1.54) is 6.92 Å². The van der Waals surface area contributed by atoms with Crippen molar-refractivity contribution in [2.24, 2.45) is 0 Å². The summed E-state index contributed by atoms with van der Waals surface area (Å²) in [6.07, 6.45) is 0. The van der Waals surface area contributed by atoms with Crippen LogP contribution in [0.25, 0.3) is 11.1 Å². The van der Waals surface area contributed by atoms with Crippen molar-refractivity contribution >= 4 is 17.5 Å². The van der Waals surface area contributed by atoms with Crippen LogP contribution in [0.2, 0.25) is 0 Å². The molecule has 4 heteroatoms. The summed E-state index contributed by atoms with van der Waals surface area (Å²) in [7, 11) is 0. The summed E-state index contributed by atoms with van der Waals surface area (Å²) in [6, 6.07) is 16.8.